The summed E-state index contributed by atoms with van der Waals surface area (Å²) in [6.07, 6.45) is 1.21. The quantitative estimate of drug-likeness (QED) is 0.791. The van der Waals surface area contributed by atoms with Gasteiger partial charge >= 0.3 is 0 Å². The Balaban J connectivity index is 2.30. The molecule has 1 aliphatic rings. The lowest BCUT2D eigenvalue weighted by atomic mass is 10.2. The van der Waals surface area contributed by atoms with Gasteiger partial charge in [0.05, 0.1) is 38.1 Å². The predicted molar refractivity (Wildman–Crippen MR) is 58.5 cm³/mol. The van der Waals surface area contributed by atoms with Crippen LogP contribution in [-0.2, 0) is 4.79 Å². The minimum absolute atomic E-state index is 0.0671. The van der Waals surface area contributed by atoms with Gasteiger partial charge in [-0.15, -0.1) is 0 Å². The molecule has 0 bridgehead atoms. The maximum absolute atomic E-state index is 11.6. The van der Waals surface area contributed by atoms with Crippen LogP contribution < -0.4 is 9.64 Å². The van der Waals surface area contributed by atoms with E-state index in [9.17, 15) is 9.90 Å². The molecule has 1 unspecified atom stereocenters. The fraction of sp³-hybridized carbons (Fsp3) is 0.455. The second-order valence-electron chi connectivity index (χ2n) is 3.88. The summed E-state index contributed by atoms with van der Waals surface area (Å²) in [7, 11) is 1.55. The molecule has 86 valence electrons. The molecule has 5 heteroatoms. The summed E-state index contributed by atoms with van der Waals surface area (Å²) in [5.41, 5.74) is 1.65. The molecular weight excluding hydrogens is 208 g/mol. The molecule has 1 aromatic heterocycles. The first-order valence-electron chi connectivity index (χ1n) is 5.11. The summed E-state index contributed by atoms with van der Waals surface area (Å²) in [6, 6.07) is 1.77. The highest BCUT2D eigenvalue weighted by molar-refractivity contribution is 5.96. The van der Waals surface area contributed by atoms with Crippen LogP contribution in [0.15, 0.2) is 12.3 Å². The summed E-state index contributed by atoms with van der Waals surface area (Å²) in [5, 5.41) is 9.42. The van der Waals surface area contributed by atoms with Gasteiger partial charge in [0.15, 0.2) is 0 Å². The highest BCUT2D eigenvalue weighted by Gasteiger charge is 2.30. The van der Waals surface area contributed by atoms with Crippen LogP contribution in [0.3, 0.4) is 0 Å². The second-order valence-corrected chi connectivity index (χ2v) is 3.88. The zero-order valence-electron chi connectivity index (χ0n) is 9.30. The maximum atomic E-state index is 11.6. The molecule has 0 aliphatic carbocycles. The molecule has 0 radical (unpaired) electrons. The number of carbonyl (C=O) groups is 1. The Morgan fingerprint density at radius 1 is 1.62 bits per heavy atom. The van der Waals surface area contributed by atoms with Crippen molar-refractivity contribution in [1.82, 2.24) is 4.98 Å². The largest absolute Gasteiger partial charge is 0.481 e. The molecule has 0 spiro atoms. The van der Waals surface area contributed by atoms with Crippen molar-refractivity contribution in [2.24, 2.45) is 0 Å². The van der Waals surface area contributed by atoms with Crippen LogP contribution in [0.5, 0.6) is 5.88 Å². The van der Waals surface area contributed by atoms with Crippen molar-refractivity contribution in [3.8, 4) is 5.88 Å². The number of aromatic nitrogens is 1. The molecule has 1 saturated heterocycles. The average molecular weight is 222 g/mol. The van der Waals surface area contributed by atoms with Crippen molar-refractivity contribution in [2.45, 2.75) is 19.4 Å². The number of aryl methyl sites for hydroxylation is 1. The smallest absolute Gasteiger partial charge is 0.229 e. The fourth-order valence-electron chi connectivity index (χ4n) is 1.84. The molecule has 1 N–H and O–H groups in total. The Morgan fingerprint density at radius 3 is 2.88 bits per heavy atom. The van der Waals surface area contributed by atoms with Crippen LogP contribution in [-0.4, -0.2) is 35.8 Å². The number of rotatable bonds is 2. The van der Waals surface area contributed by atoms with E-state index in [4.69, 9.17) is 4.74 Å². The molecule has 0 saturated carbocycles. The molecule has 1 aliphatic heterocycles. The van der Waals surface area contributed by atoms with Gasteiger partial charge in [0.1, 0.15) is 0 Å². The number of aliphatic hydroxyl groups is 1. The van der Waals surface area contributed by atoms with Gasteiger partial charge in [0, 0.05) is 6.07 Å². The number of pyridine rings is 1. The van der Waals surface area contributed by atoms with Gasteiger partial charge in [-0.05, 0) is 12.5 Å². The van der Waals surface area contributed by atoms with E-state index in [1.54, 1.807) is 24.3 Å². The third kappa shape index (κ3) is 1.86. The van der Waals surface area contributed by atoms with E-state index in [1.165, 1.54) is 0 Å². The Kier molecular flexibility index (Phi) is 2.78. The minimum atomic E-state index is -0.575. The minimum Gasteiger partial charge on any atom is -0.481 e. The van der Waals surface area contributed by atoms with Crippen LogP contribution in [0.25, 0.3) is 0 Å². The predicted octanol–water partition coefficient (Wildman–Crippen LogP) is 0.496. The van der Waals surface area contributed by atoms with Gasteiger partial charge in [0.25, 0.3) is 0 Å². The van der Waals surface area contributed by atoms with Gasteiger partial charge in [-0.2, -0.15) is 0 Å². The van der Waals surface area contributed by atoms with Crippen LogP contribution >= 0.6 is 0 Å². The second kappa shape index (κ2) is 4.09. The normalized spacial score (nSPS) is 20.3. The maximum Gasteiger partial charge on any atom is 0.229 e. The highest BCUT2D eigenvalue weighted by atomic mass is 16.5. The number of anilines is 1. The third-order valence-corrected chi connectivity index (χ3v) is 2.66. The molecule has 2 rings (SSSR count). The number of carbonyl (C=O) groups excluding carboxylic acids is 1. The zero-order chi connectivity index (χ0) is 11.7. The lowest BCUT2D eigenvalue weighted by Gasteiger charge is -2.18. The molecule has 2 heterocycles. The van der Waals surface area contributed by atoms with Crippen molar-refractivity contribution < 1.29 is 14.6 Å². The molecule has 16 heavy (non-hydrogen) atoms. The molecule has 5 nitrogen and oxygen atoms in total. The molecule has 1 aromatic rings. The summed E-state index contributed by atoms with van der Waals surface area (Å²) in [4.78, 5) is 17.2. The highest BCUT2D eigenvalue weighted by Crippen LogP contribution is 2.26. The van der Waals surface area contributed by atoms with E-state index >= 15 is 0 Å². The monoisotopic (exact) mass is 222 g/mol. The number of methoxy groups -OCH3 is 1. The molecule has 1 atom stereocenters. The number of aliphatic hydroxyl groups excluding tert-OH is 1. The van der Waals surface area contributed by atoms with E-state index in [1.807, 2.05) is 6.92 Å². The van der Waals surface area contributed by atoms with Crippen LogP contribution in [0.4, 0.5) is 5.69 Å². The number of β-amino-alcohol motifs (C(OH)–C–C–N with tert-alkyl or cyclic N) is 1. The molecule has 1 amide bonds. The SMILES string of the molecule is COc1cc(C)c(N2CC(O)CC2=O)cn1. The van der Waals surface area contributed by atoms with Gasteiger partial charge in [0.2, 0.25) is 11.8 Å². The van der Waals surface area contributed by atoms with Crippen LogP contribution in [0, 0.1) is 6.92 Å². The van der Waals surface area contributed by atoms with Crippen molar-refractivity contribution in [1.29, 1.82) is 0 Å². The number of nitrogens with zero attached hydrogens (tertiary/aromatic N) is 2. The first-order chi connectivity index (χ1) is 7.61. The Hall–Kier alpha value is -1.62. The number of amides is 1. The first-order valence-corrected chi connectivity index (χ1v) is 5.11. The number of ether oxygens (including phenoxy) is 1. The van der Waals surface area contributed by atoms with E-state index < -0.39 is 6.10 Å². The van der Waals surface area contributed by atoms with Crippen molar-refractivity contribution in [2.75, 3.05) is 18.6 Å². The lowest BCUT2D eigenvalue weighted by Crippen LogP contribution is -2.26. The topological polar surface area (TPSA) is 62.7 Å². The zero-order valence-corrected chi connectivity index (χ0v) is 9.30. The van der Waals surface area contributed by atoms with E-state index in [0.29, 0.717) is 12.4 Å². The lowest BCUT2D eigenvalue weighted by molar-refractivity contribution is -0.117. The Labute approximate surface area is 93.7 Å². The first kappa shape index (κ1) is 10.9. The van der Waals surface area contributed by atoms with Gasteiger partial charge < -0.3 is 14.7 Å². The number of hydrogen-bond acceptors (Lipinski definition) is 4. The summed E-state index contributed by atoms with van der Waals surface area (Å²) in [6.45, 7) is 2.23. The number of hydrogen-bond donors (Lipinski definition) is 1. The molecule has 1 fully saturated rings. The summed E-state index contributed by atoms with van der Waals surface area (Å²) < 4.78 is 5.00. The third-order valence-electron chi connectivity index (χ3n) is 2.66. The van der Waals surface area contributed by atoms with Crippen LogP contribution in [0.2, 0.25) is 0 Å². The van der Waals surface area contributed by atoms with Crippen LogP contribution in [0.1, 0.15) is 12.0 Å². The van der Waals surface area contributed by atoms with E-state index in [-0.39, 0.29) is 12.3 Å². The van der Waals surface area contributed by atoms with Gasteiger partial charge in [-0.25, -0.2) is 4.98 Å². The van der Waals surface area contributed by atoms with Gasteiger partial charge in [-0.1, -0.05) is 0 Å². The van der Waals surface area contributed by atoms with Gasteiger partial charge in [-0.3, -0.25) is 4.79 Å². The van der Waals surface area contributed by atoms with Crippen molar-refractivity contribution in [3.05, 3.63) is 17.8 Å². The van der Waals surface area contributed by atoms with Crippen molar-refractivity contribution in [3.63, 3.8) is 0 Å². The molecular formula is C11H14N2O3. The van der Waals surface area contributed by atoms with Crippen molar-refractivity contribution >= 4 is 11.6 Å². The fourth-order valence-corrected chi connectivity index (χ4v) is 1.84. The Bertz CT molecular complexity index is 420. The Morgan fingerprint density at radius 2 is 2.38 bits per heavy atom. The standard InChI is InChI=1S/C11H14N2O3/c1-7-3-10(16-2)12-5-9(7)13-6-8(14)4-11(13)15/h3,5,8,14H,4,6H2,1-2H3. The summed E-state index contributed by atoms with van der Waals surface area (Å²) >= 11 is 0. The molecule has 0 aromatic carbocycles. The average Bonchev–Trinajstić information content (AvgIpc) is 2.57. The van der Waals surface area contributed by atoms with E-state index in [2.05, 4.69) is 4.98 Å². The summed E-state index contributed by atoms with van der Waals surface area (Å²) in [5.74, 6) is 0.455. The van der Waals surface area contributed by atoms with E-state index in [0.717, 1.165) is 11.3 Å².